The highest BCUT2D eigenvalue weighted by molar-refractivity contribution is 9.10. The van der Waals surface area contributed by atoms with Crippen LogP contribution >= 0.6 is 15.9 Å². The van der Waals surface area contributed by atoms with Crippen molar-refractivity contribution in [3.63, 3.8) is 0 Å². The first-order valence-corrected chi connectivity index (χ1v) is 7.37. The number of benzene rings is 1. The predicted octanol–water partition coefficient (Wildman–Crippen LogP) is 4.23. The Bertz CT molecular complexity index is 417. The van der Waals surface area contributed by atoms with Gasteiger partial charge in [0.2, 0.25) is 0 Å². The topological polar surface area (TPSA) is 26.3 Å². The van der Waals surface area contributed by atoms with E-state index >= 15 is 0 Å². The lowest BCUT2D eigenvalue weighted by molar-refractivity contribution is 0.000722. The second-order valence-corrected chi connectivity index (χ2v) is 5.87. The first-order valence-electron chi connectivity index (χ1n) is 6.58. The number of hydrogen-bond acceptors (Lipinski definition) is 2. The molecule has 0 N–H and O–H groups in total. The number of carbonyl (C=O) groups excluding carboxylic acids is 1. The number of carbonyl (C=O) groups is 1. The maximum atomic E-state index is 12.1. The minimum absolute atomic E-state index is 0.0558. The van der Waals surface area contributed by atoms with E-state index in [4.69, 9.17) is 4.74 Å². The fourth-order valence-electron chi connectivity index (χ4n) is 2.48. The Kier molecular flexibility index (Phi) is 4.95. The molecule has 0 aliphatic heterocycles. The van der Waals surface area contributed by atoms with Crippen molar-refractivity contribution < 1.29 is 9.53 Å². The third-order valence-corrected chi connectivity index (χ3v) is 4.33. The summed E-state index contributed by atoms with van der Waals surface area (Å²) >= 11 is 3.40. The van der Waals surface area contributed by atoms with Gasteiger partial charge in [-0.25, -0.2) is 0 Å². The van der Waals surface area contributed by atoms with E-state index in [1.807, 2.05) is 24.3 Å². The van der Waals surface area contributed by atoms with Gasteiger partial charge in [-0.15, -0.1) is 0 Å². The van der Waals surface area contributed by atoms with E-state index < -0.39 is 0 Å². The molecule has 2 atom stereocenters. The summed E-state index contributed by atoms with van der Waals surface area (Å²) in [5.41, 5.74) is 0.709. The third-order valence-electron chi connectivity index (χ3n) is 3.64. The molecule has 1 fully saturated rings. The first-order chi connectivity index (χ1) is 8.68. The van der Waals surface area contributed by atoms with Gasteiger partial charge in [-0.05, 0) is 24.8 Å². The van der Waals surface area contributed by atoms with Crippen molar-refractivity contribution >= 4 is 21.7 Å². The van der Waals surface area contributed by atoms with E-state index in [1.54, 1.807) is 0 Å². The van der Waals surface area contributed by atoms with Crippen molar-refractivity contribution in [3.05, 3.63) is 34.3 Å². The van der Waals surface area contributed by atoms with E-state index in [2.05, 4.69) is 22.9 Å². The van der Waals surface area contributed by atoms with Crippen LogP contribution in [0.15, 0.2) is 28.7 Å². The van der Waals surface area contributed by atoms with Crippen LogP contribution in [0.5, 0.6) is 0 Å². The van der Waals surface area contributed by atoms with Gasteiger partial charge in [0.05, 0.1) is 6.10 Å². The molecule has 0 bridgehead atoms. The summed E-state index contributed by atoms with van der Waals surface area (Å²) in [6.07, 6.45) is 5.07. The Balaban J connectivity index is 1.90. The third kappa shape index (κ3) is 3.42. The minimum atomic E-state index is 0.0558. The van der Waals surface area contributed by atoms with Gasteiger partial charge in [0.25, 0.3) is 0 Å². The maximum Gasteiger partial charge on any atom is 0.189 e. The Morgan fingerprint density at radius 2 is 2.06 bits per heavy atom. The molecule has 0 aromatic heterocycles. The number of rotatable bonds is 4. The molecule has 1 aliphatic rings. The molecular formula is C15H19BrO2. The lowest BCUT2D eigenvalue weighted by Crippen LogP contribution is -2.28. The zero-order chi connectivity index (χ0) is 13.0. The highest BCUT2D eigenvalue weighted by Gasteiger charge is 2.23. The van der Waals surface area contributed by atoms with Gasteiger partial charge in [0.15, 0.2) is 5.78 Å². The monoisotopic (exact) mass is 310 g/mol. The molecule has 0 spiro atoms. The number of ether oxygens (including phenoxy) is 1. The van der Waals surface area contributed by atoms with E-state index in [0.29, 0.717) is 11.5 Å². The van der Waals surface area contributed by atoms with Gasteiger partial charge < -0.3 is 4.74 Å². The summed E-state index contributed by atoms with van der Waals surface area (Å²) in [5, 5.41) is 0. The van der Waals surface area contributed by atoms with Crippen LogP contribution in [0.1, 0.15) is 43.0 Å². The molecule has 1 saturated carbocycles. The molecule has 2 unspecified atom stereocenters. The average Bonchev–Trinajstić information content (AvgIpc) is 2.38. The summed E-state index contributed by atoms with van der Waals surface area (Å²) in [7, 11) is 0. The molecule has 2 rings (SSSR count). The van der Waals surface area contributed by atoms with Crippen LogP contribution in [0.25, 0.3) is 0 Å². The number of halogens is 1. The van der Waals surface area contributed by atoms with Gasteiger partial charge >= 0.3 is 0 Å². The Morgan fingerprint density at radius 1 is 1.33 bits per heavy atom. The quantitative estimate of drug-likeness (QED) is 0.778. The predicted molar refractivity (Wildman–Crippen MR) is 75.8 cm³/mol. The lowest BCUT2D eigenvalue weighted by Gasteiger charge is -2.28. The van der Waals surface area contributed by atoms with Crippen molar-refractivity contribution in [1.29, 1.82) is 0 Å². The second kappa shape index (κ2) is 6.48. The van der Waals surface area contributed by atoms with E-state index in [9.17, 15) is 4.79 Å². The largest absolute Gasteiger partial charge is 0.370 e. The van der Waals surface area contributed by atoms with Crippen molar-refractivity contribution in [2.75, 3.05) is 6.61 Å². The highest BCUT2D eigenvalue weighted by Crippen LogP contribution is 2.26. The molecule has 0 saturated heterocycles. The van der Waals surface area contributed by atoms with Gasteiger partial charge in [-0.2, -0.15) is 0 Å². The number of ketones is 1. The van der Waals surface area contributed by atoms with Crippen LogP contribution in [0.4, 0.5) is 0 Å². The zero-order valence-electron chi connectivity index (χ0n) is 10.7. The first kappa shape index (κ1) is 13.8. The average molecular weight is 311 g/mol. The Hall–Kier alpha value is -0.670. The van der Waals surface area contributed by atoms with E-state index in [1.165, 1.54) is 19.3 Å². The van der Waals surface area contributed by atoms with Crippen molar-refractivity contribution in [2.24, 2.45) is 5.92 Å². The van der Waals surface area contributed by atoms with Gasteiger partial charge in [-0.1, -0.05) is 53.9 Å². The van der Waals surface area contributed by atoms with Gasteiger partial charge in [0, 0.05) is 10.0 Å². The van der Waals surface area contributed by atoms with Crippen LogP contribution in [-0.2, 0) is 4.74 Å². The molecule has 98 valence electrons. The molecule has 1 aliphatic carbocycles. The fraction of sp³-hybridized carbons (Fsp3) is 0.533. The number of Topliss-reactive ketones (excluding diaryl/α,β-unsaturated/α-hetero) is 1. The van der Waals surface area contributed by atoms with Crippen molar-refractivity contribution in [3.8, 4) is 0 Å². The zero-order valence-corrected chi connectivity index (χ0v) is 12.3. The van der Waals surface area contributed by atoms with Crippen LogP contribution in [-0.4, -0.2) is 18.5 Å². The summed E-state index contributed by atoms with van der Waals surface area (Å²) in [6.45, 7) is 2.41. The minimum Gasteiger partial charge on any atom is -0.370 e. The van der Waals surface area contributed by atoms with Gasteiger partial charge in [0.1, 0.15) is 6.61 Å². The maximum absolute atomic E-state index is 12.1. The summed E-state index contributed by atoms with van der Waals surface area (Å²) < 4.78 is 6.64. The molecular weight excluding hydrogens is 292 g/mol. The van der Waals surface area contributed by atoms with E-state index in [0.717, 1.165) is 10.9 Å². The van der Waals surface area contributed by atoms with Gasteiger partial charge in [-0.3, -0.25) is 4.79 Å². The summed E-state index contributed by atoms with van der Waals surface area (Å²) in [6, 6.07) is 7.50. The molecule has 1 aromatic carbocycles. The van der Waals surface area contributed by atoms with Crippen LogP contribution < -0.4 is 0 Å². The summed E-state index contributed by atoms with van der Waals surface area (Å²) in [4.78, 5) is 12.1. The van der Waals surface area contributed by atoms with Crippen LogP contribution in [0.3, 0.4) is 0 Å². The smallest absolute Gasteiger partial charge is 0.189 e. The fourth-order valence-corrected chi connectivity index (χ4v) is 2.98. The molecule has 3 heteroatoms. The number of hydrogen-bond donors (Lipinski definition) is 0. The van der Waals surface area contributed by atoms with Crippen LogP contribution in [0, 0.1) is 5.92 Å². The second-order valence-electron chi connectivity index (χ2n) is 5.01. The molecule has 0 heterocycles. The Morgan fingerprint density at radius 3 is 2.78 bits per heavy atom. The molecule has 2 nitrogen and oxygen atoms in total. The summed E-state index contributed by atoms with van der Waals surface area (Å²) in [5.74, 6) is 0.631. The molecule has 0 amide bonds. The standard InChI is InChI=1S/C15H19BrO2/c1-11-6-2-5-9-15(11)18-10-14(17)12-7-3-4-8-13(12)16/h3-4,7-8,11,15H,2,5-6,9-10H2,1H3. The Labute approximate surface area is 117 Å². The highest BCUT2D eigenvalue weighted by atomic mass is 79.9. The molecule has 0 radical (unpaired) electrons. The van der Waals surface area contributed by atoms with E-state index in [-0.39, 0.29) is 18.5 Å². The molecule has 1 aromatic rings. The molecule has 18 heavy (non-hydrogen) atoms. The van der Waals surface area contributed by atoms with Crippen molar-refractivity contribution in [2.45, 2.75) is 38.7 Å². The lowest BCUT2D eigenvalue weighted by atomic mass is 9.88. The SMILES string of the molecule is CC1CCCCC1OCC(=O)c1ccccc1Br. The normalized spacial score (nSPS) is 23.9. The van der Waals surface area contributed by atoms with Crippen molar-refractivity contribution in [1.82, 2.24) is 0 Å². The van der Waals surface area contributed by atoms with Crippen LogP contribution in [0.2, 0.25) is 0 Å².